The van der Waals surface area contributed by atoms with Crippen LogP contribution in [0.1, 0.15) is 5.56 Å². The highest BCUT2D eigenvalue weighted by molar-refractivity contribution is 6.25. The minimum Gasteiger partial charge on any atom is -0.317 e. The monoisotopic (exact) mass is 953 g/mol. The number of nitrogens with zero attached hydrogens (tertiary/aromatic N) is 7. The molecule has 0 saturated carbocycles. The average molecular weight is 954 g/mol. The lowest BCUT2D eigenvalue weighted by molar-refractivity contribution is 1.02. The van der Waals surface area contributed by atoms with E-state index in [1.807, 2.05) is 0 Å². The van der Waals surface area contributed by atoms with Gasteiger partial charge in [-0.05, 0) is 60.7 Å². The maximum atomic E-state index is 12.5. The number of hydrogen-bond donors (Lipinski definition) is 0. The number of benzene rings is 11. The fraction of sp³-hybridized carbons (Fsp3) is 0. The van der Waals surface area contributed by atoms with Crippen molar-refractivity contribution >= 4 is 115 Å². The quantitative estimate of drug-likeness (QED) is 0.159. The fourth-order valence-corrected chi connectivity index (χ4v) is 12.8. The predicted molar refractivity (Wildman–Crippen MR) is 309 cm³/mol. The molecule has 16 aromatic rings. The van der Waals surface area contributed by atoms with Crippen LogP contribution >= 0.6 is 0 Å². The molecular weight excluding hydrogens is 915 g/mol. The third-order valence-electron chi connectivity index (χ3n) is 15.7. The van der Waals surface area contributed by atoms with E-state index in [1.54, 1.807) is 0 Å². The Kier molecular flexibility index (Phi) is 8.46. The van der Waals surface area contributed by atoms with Gasteiger partial charge in [0.1, 0.15) is 0 Å². The van der Waals surface area contributed by atoms with E-state index in [9.17, 15) is 11.8 Å². The topological polar surface area (TPSA) is 52.8 Å². The van der Waals surface area contributed by atoms with E-state index in [2.05, 4.69) is 270 Å². The maximum absolute atomic E-state index is 12.5. The normalized spacial score (nSPS) is 12.0. The number of aromatic nitrogens is 5. The molecule has 0 amide bonds. The Labute approximate surface area is 428 Å². The second-order valence-corrected chi connectivity index (χ2v) is 19.3. The zero-order chi connectivity index (χ0) is 49.5. The molecule has 0 atom stereocenters. The van der Waals surface area contributed by atoms with E-state index >= 15 is 0 Å². The lowest BCUT2D eigenvalue weighted by Gasteiger charge is -2.28. The molecule has 0 aliphatic heterocycles. The lowest BCUT2D eigenvalue weighted by atomic mass is 10.0. The summed E-state index contributed by atoms with van der Waals surface area (Å²) in [5, 5.41) is 23.1. The van der Waals surface area contributed by atoms with Crippen molar-refractivity contribution in [1.82, 2.24) is 22.8 Å². The van der Waals surface area contributed by atoms with E-state index in [0.29, 0.717) is 11.4 Å². The van der Waals surface area contributed by atoms with Gasteiger partial charge in [-0.15, -0.1) is 0 Å². The van der Waals surface area contributed by atoms with Crippen molar-refractivity contribution in [2.75, 3.05) is 0 Å². The van der Waals surface area contributed by atoms with Crippen molar-refractivity contribution in [2.24, 2.45) is 0 Å². The third kappa shape index (κ3) is 5.40. The first kappa shape index (κ1) is 41.1. The molecule has 5 heterocycles. The Morgan fingerprint density at radius 2 is 0.560 bits per heavy atom. The maximum Gasteiger partial charge on any atom is 0.232 e. The van der Waals surface area contributed by atoms with Gasteiger partial charge in [0, 0.05) is 59.5 Å². The van der Waals surface area contributed by atoms with E-state index in [-0.39, 0.29) is 11.3 Å². The summed E-state index contributed by atoms with van der Waals surface area (Å²) in [6.07, 6.45) is 0. The molecule has 0 aliphatic rings. The van der Waals surface area contributed by atoms with Crippen LogP contribution in [0, 0.1) is 17.9 Å². The van der Waals surface area contributed by atoms with E-state index in [4.69, 9.17) is 0 Å². The summed E-state index contributed by atoms with van der Waals surface area (Å²) in [7, 11) is 0. The van der Waals surface area contributed by atoms with Gasteiger partial charge in [0.2, 0.25) is 5.69 Å². The van der Waals surface area contributed by atoms with Crippen molar-refractivity contribution in [3.05, 3.63) is 254 Å². The van der Waals surface area contributed by atoms with E-state index in [0.717, 1.165) is 126 Å². The van der Waals surface area contributed by atoms with Gasteiger partial charge in [-0.25, -0.2) is 4.85 Å². The minimum atomic E-state index is 0.252. The third-order valence-corrected chi connectivity index (χ3v) is 15.7. The van der Waals surface area contributed by atoms with E-state index < -0.39 is 0 Å². The number of hydrogen-bond acceptors (Lipinski definition) is 1. The summed E-state index contributed by atoms with van der Waals surface area (Å²) >= 11 is 0. The summed E-state index contributed by atoms with van der Waals surface area (Å²) in [6.45, 7) is 9.63. The molecule has 0 N–H and O–H groups in total. The van der Waals surface area contributed by atoms with Crippen LogP contribution in [0.15, 0.2) is 237 Å². The van der Waals surface area contributed by atoms with Crippen LogP contribution in [0.4, 0.5) is 5.69 Å². The molecular formula is C68H39N7. The first-order chi connectivity index (χ1) is 37.2. The Morgan fingerprint density at radius 1 is 0.280 bits per heavy atom. The molecule has 0 radical (unpaired) electrons. The van der Waals surface area contributed by atoms with Gasteiger partial charge < -0.3 is 22.8 Å². The number of para-hydroxylation sites is 9. The highest BCUT2D eigenvalue weighted by Gasteiger charge is 2.35. The lowest BCUT2D eigenvalue weighted by Crippen LogP contribution is -2.15. The van der Waals surface area contributed by atoms with Gasteiger partial charge in [0.05, 0.1) is 96.1 Å². The first-order valence-corrected chi connectivity index (χ1v) is 25.2. The summed E-state index contributed by atoms with van der Waals surface area (Å²) < 4.78 is 11.7. The molecule has 346 valence electrons. The largest absolute Gasteiger partial charge is 0.317 e. The van der Waals surface area contributed by atoms with Gasteiger partial charge in [-0.3, -0.25) is 0 Å². The van der Waals surface area contributed by atoms with Crippen molar-refractivity contribution in [1.29, 1.82) is 5.26 Å². The van der Waals surface area contributed by atoms with Crippen molar-refractivity contribution in [3.63, 3.8) is 0 Å². The minimum absolute atomic E-state index is 0.252. The van der Waals surface area contributed by atoms with Gasteiger partial charge in [0.15, 0.2) is 0 Å². The smallest absolute Gasteiger partial charge is 0.232 e. The fourth-order valence-electron chi connectivity index (χ4n) is 12.8. The zero-order valence-corrected chi connectivity index (χ0v) is 40.1. The molecule has 0 unspecified atom stereocenters. The molecule has 0 spiro atoms. The predicted octanol–water partition coefficient (Wildman–Crippen LogP) is 17.6. The SMILES string of the molecule is [C-]#[N+]c1c(C#N)c(-n2c3ccccc3c3ccc4c5ccccc5n(-c5ccccc5)c4c32)c(-n2c3ccccc3c3ccccc32)c(-n2c3ccccc3c3ccccc32)c1-n1c2ccccc2c2ccccc21. The van der Waals surface area contributed by atoms with Gasteiger partial charge in [-0.1, -0.05) is 176 Å². The molecule has 7 nitrogen and oxygen atoms in total. The highest BCUT2D eigenvalue weighted by atomic mass is 15.2. The van der Waals surface area contributed by atoms with Gasteiger partial charge >= 0.3 is 0 Å². The summed E-state index contributed by atoms with van der Waals surface area (Å²) in [6, 6.07) is 86.4. The van der Waals surface area contributed by atoms with Crippen molar-refractivity contribution in [3.8, 4) is 34.5 Å². The van der Waals surface area contributed by atoms with Crippen molar-refractivity contribution < 1.29 is 0 Å². The zero-order valence-electron chi connectivity index (χ0n) is 40.1. The molecule has 75 heavy (non-hydrogen) atoms. The van der Waals surface area contributed by atoms with Crippen molar-refractivity contribution in [2.45, 2.75) is 0 Å². The molecule has 7 heteroatoms. The number of nitriles is 1. The molecule has 5 aromatic heterocycles. The first-order valence-electron chi connectivity index (χ1n) is 25.2. The Bertz CT molecular complexity index is 5060. The molecule has 0 bridgehead atoms. The standard InChI is InChI=1S/C68H39N7/c1-70-62-53(41-69)65(75-61-38-20-12-30-50(61)52-40-39-51-49-29-11-13-31-54(49)71(63(51)64(52)75)42-21-3-2-4-22-42)67(73-57-34-16-7-25-45(57)46-26-8-17-35-58(46)73)68(74-59-36-18-9-27-47(59)48-28-10-19-37-60(48)74)66(62)72-55-32-14-5-23-43(55)44-24-6-15-33-56(44)72/h2-40H. The van der Waals surface area contributed by atoms with Crippen LogP contribution in [0.2, 0.25) is 0 Å². The van der Waals surface area contributed by atoms with Crippen LogP contribution < -0.4 is 0 Å². The average Bonchev–Trinajstić information content (AvgIpc) is 4.38. The molecule has 0 aliphatic carbocycles. The molecule has 0 fully saturated rings. The van der Waals surface area contributed by atoms with Gasteiger partial charge in [-0.2, -0.15) is 5.26 Å². The molecule has 0 saturated heterocycles. The second kappa shape index (κ2) is 15.5. The molecule has 11 aromatic carbocycles. The summed E-state index contributed by atoms with van der Waals surface area (Å²) in [4.78, 5) is 4.65. The highest BCUT2D eigenvalue weighted by Crippen LogP contribution is 2.52. The summed E-state index contributed by atoms with van der Waals surface area (Å²) in [5.41, 5.74) is 14.0. The van der Waals surface area contributed by atoms with Crippen LogP contribution in [0.5, 0.6) is 0 Å². The van der Waals surface area contributed by atoms with Crippen LogP contribution in [0.25, 0.3) is 142 Å². The van der Waals surface area contributed by atoms with Gasteiger partial charge in [0.25, 0.3) is 0 Å². The second-order valence-electron chi connectivity index (χ2n) is 19.3. The molecule has 16 rings (SSSR count). The van der Waals surface area contributed by atoms with Crippen LogP contribution in [-0.4, -0.2) is 22.8 Å². The Balaban J connectivity index is 1.26. The number of fused-ring (bicyclic) bond motifs is 16. The van der Waals surface area contributed by atoms with Crippen LogP contribution in [0.3, 0.4) is 0 Å². The van der Waals surface area contributed by atoms with E-state index in [1.165, 1.54) is 0 Å². The number of rotatable bonds is 5. The Morgan fingerprint density at radius 3 is 0.920 bits per heavy atom. The Hall–Kier alpha value is -10.6. The van der Waals surface area contributed by atoms with Crippen LogP contribution in [-0.2, 0) is 0 Å². The summed E-state index contributed by atoms with van der Waals surface area (Å²) in [5.74, 6) is 0.